The van der Waals surface area contributed by atoms with Crippen LogP contribution in [0.1, 0.15) is 44.2 Å². The fraction of sp³-hybridized carbons (Fsp3) is 0.286. The molecule has 124 valence electrons. The van der Waals surface area contributed by atoms with Gasteiger partial charge in [-0.3, -0.25) is 0 Å². The van der Waals surface area contributed by atoms with E-state index in [1.54, 1.807) is 18.2 Å². The molecule has 0 saturated carbocycles. The van der Waals surface area contributed by atoms with Gasteiger partial charge in [0, 0.05) is 5.41 Å². The van der Waals surface area contributed by atoms with Gasteiger partial charge in [0.1, 0.15) is 11.3 Å². The minimum absolute atomic E-state index is 0.0426. The maximum atomic E-state index is 12.8. The van der Waals surface area contributed by atoms with Crippen molar-refractivity contribution in [3.05, 3.63) is 76.1 Å². The quantitative estimate of drug-likeness (QED) is 0.673. The Morgan fingerprint density at radius 3 is 2.33 bits per heavy atom. The van der Waals surface area contributed by atoms with E-state index in [1.807, 2.05) is 36.4 Å². The van der Waals surface area contributed by atoms with Crippen molar-refractivity contribution in [2.24, 2.45) is 0 Å². The maximum absolute atomic E-state index is 12.8. The average molecular weight is 322 g/mol. The molecule has 3 nitrogen and oxygen atoms in total. The smallest absolute Gasteiger partial charge is 0.344 e. The Balaban J connectivity index is 2.37. The molecular weight excluding hydrogens is 300 g/mol. The average Bonchev–Trinajstić information content (AvgIpc) is 2.61. The molecule has 0 bridgehead atoms. The fourth-order valence-corrected chi connectivity index (χ4v) is 3.71. The minimum Gasteiger partial charge on any atom is -0.507 e. The van der Waals surface area contributed by atoms with E-state index in [0.29, 0.717) is 23.0 Å². The molecule has 0 spiro atoms. The normalized spacial score (nSPS) is 13.8. The van der Waals surface area contributed by atoms with Crippen molar-refractivity contribution in [1.29, 1.82) is 0 Å². The third-order valence-corrected chi connectivity index (χ3v) is 4.87. The lowest BCUT2D eigenvalue weighted by Gasteiger charge is -2.33. The monoisotopic (exact) mass is 322 g/mol. The highest BCUT2D eigenvalue weighted by Gasteiger charge is 2.38. The number of rotatable bonds is 5. The maximum Gasteiger partial charge on any atom is 0.344 e. The van der Waals surface area contributed by atoms with E-state index in [9.17, 15) is 9.90 Å². The SMILES string of the molecule is CCCC(CC)(c1ccccc1)c1c(O)c2ccccc2oc1=O. The number of hydrogen-bond acceptors (Lipinski definition) is 3. The van der Waals surface area contributed by atoms with Gasteiger partial charge in [0.2, 0.25) is 0 Å². The van der Waals surface area contributed by atoms with Gasteiger partial charge in [0.15, 0.2) is 0 Å². The molecule has 1 N–H and O–H groups in total. The number of hydrogen-bond donors (Lipinski definition) is 1. The van der Waals surface area contributed by atoms with Crippen LogP contribution in [-0.2, 0) is 5.41 Å². The first-order valence-electron chi connectivity index (χ1n) is 8.45. The molecule has 0 aliphatic heterocycles. The second-order valence-corrected chi connectivity index (χ2v) is 6.16. The lowest BCUT2D eigenvalue weighted by Crippen LogP contribution is -2.32. The van der Waals surface area contributed by atoms with Gasteiger partial charge in [0.05, 0.1) is 10.9 Å². The van der Waals surface area contributed by atoms with E-state index < -0.39 is 11.0 Å². The molecule has 1 atom stereocenters. The van der Waals surface area contributed by atoms with Crippen molar-refractivity contribution in [1.82, 2.24) is 0 Å². The molecule has 0 aliphatic carbocycles. The van der Waals surface area contributed by atoms with Crippen molar-refractivity contribution < 1.29 is 9.52 Å². The number of benzene rings is 2. The Morgan fingerprint density at radius 2 is 1.67 bits per heavy atom. The molecule has 0 fully saturated rings. The molecule has 1 unspecified atom stereocenters. The highest BCUT2D eigenvalue weighted by atomic mass is 16.4. The standard InChI is InChI=1S/C21H22O3/c1-3-14-21(4-2,15-10-6-5-7-11-15)18-19(22)16-12-8-9-13-17(16)24-20(18)23/h5-13,22H,3-4,14H2,1-2H3. The van der Waals surface area contributed by atoms with Crippen LogP contribution in [0.25, 0.3) is 11.0 Å². The second-order valence-electron chi connectivity index (χ2n) is 6.16. The van der Waals surface area contributed by atoms with E-state index in [1.165, 1.54) is 0 Å². The summed E-state index contributed by atoms with van der Waals surface area (Å²) in [5.41, 5.74) is 0.817. The summed E-state index contributed by atoms with van der Waals surface area (Å²) in [5.74, 6) is 0.0426. The van der Waals surface area contributed by atoms with Gasteiger partial charge in [-0.1, -0.05) is 62.7 Å². The van der Waals surface area contributed by atoms with E-state index in [0.717, 1.165) is 18.4 Å². The van der Waals surface area contributed by atoms with E-state index >= 15 is 0 Å². The predicted molar refractivity (Wildman–Crippen MR) is 96.6 cm³/mol. The third kappa shape index (κ3) is 2.50. The van der Waals surface area contributed by atoms with E-state index in [2.05, 4.69) is 13.8 Å². The van der Waals surface area contributed by atoms with Crippen LogP contribution in [0.15, 0.2) is 63.8 Å². The molecular formula is C21H22O3. The van der Waals surface area contributed by atoms with Gasteiger partial charge in [-0.15, -0.1) is 0 Å². The van der Waals surface area contributed by atoms with Crippen LogP contribution in [0.2, 0.25) is 0 Å². The summed E-state index contributed by atoms with van der Waals surface area (Å²) in [4.78, 5) is 12.8. The molecule has 3 aromatic rings. The van der Waals surface area contributed by atoms with Gasteiger partial charge in [0.25, 0.3) is 0 Å². The topological polar surface area (TPSA) is 50.4 Å². The summed E-state index contributed by atoms with van der Waals surface area (Å²) in [5, 5.41) is 11.5. The Labute approximate surface area is 141 Å². The summed E-state index contributed by atoms with van der Waals surface area (Å²) in [6.45, 7) is 4.14. The molecule has 1 heterocycles. The zero-order valence-electron chi connectivity index (χ0n) is 14.1. The van der Waals surface area contributed by atoms with Crippen LogP contribution in [0.5, 0.6) is 5.75 Å². The van der Waals surface area contributed by atoms with Crippen LogP contribution < -0.4 is 5.63 Å². The number of fused-ring (bicyclic) bond motifs is 1. The molecule has 1 aromatic heterocycles. The molecule has 0 aliphatic rings. The largest absolute Gasteiger partial charge is 0.507 e. The summed E-state index contributed by atoms with van der Waals surface area (Å²) in [6, 6.07) is 17.1. The van der Waals surface area contributed by atoms with Crippen LogP contribution >= 0.6 is 0 Å². The fourth-order valence-electron chi connectivity index (χ4n) is 3.71. The summed E-state index contributed by atoms with van der Waals surface area (Å²) >= 11 is 0. The summed E-state index contributed by atoms with van der Waals surface area (Å²) in [7, 11) is 0. The Morgan fingerprint density at radius 1 is 1.00 bits per heavy atom. The highest BCUT2D eigenvalue weighted by Crippen LogP contribution is 2.43. The van der Waals surface area contributed by atoms with Crippen LogP contribution in [0.3, 0.4) is 0 Å². The van der Waals surface area contributed by atoms with Gasteiger partial charge < -0.3 is 9.52 Å². The Hall–Kier alpha value is -2.55. The lowest BCUT2D eigenvalue weighted by molar-refractivity contribution is 0.386. The first-order chi connectivity index (χ1) is 11.6. The summed E-state index contributed by atoms with van der Waals surface area (Å²) < 4.78 is 5.53. The minimum atomic E-state index is -0.551. The van der Waals surface area contributed by atoms with Crippen molar-refractivity contribution in [2.45, 2.75) is 38.5 Å². The van der Waals surface area contributed by atoms with Crippen molar-refractivity contribution in [2.75, 3.05) is 0 Å². The van der Waals surface area contributed by atoms with Gasteiger partial charge >= 0.3 is 5.63 Å². The number of aromatic hydroxyl groups is 1. The van der Waals surface area contributed by atoms with E-state index in [-0.39, 0.29) is 5.75 Å². The van der Waals surface area contributed by atoms with E-state index in [4.69, 9.17) is 4.42 Å². The van der Waals surface area contributed by atoms with Crippen molar-refractivity contribution >= 4 is 11.0 Å². The first-order valence-corrected chi connectivity index (χ1v) is 8.45. The van der Waals surface area contributed by atoms with Crippen molar-refractivity contribution in [3.8, 4) is 5.75 Å². The number of para-hydroxylation sites is 1. The summed E-state index contributed by atoms with van der Waals surface area (Å²) in [6.07, 6.45) is 2.38. The van der Waals surface area contributed by atoms with Gasteiger partial charge in [-0.2, -0.15) is 0 Å². The molecule has 2 aromatic carbocycles. The van der Waals surface area contributed by atoms with Crippen LogP contribution in [0.4, 0.5) is 0 Å². The molecule has 3 heteroatoms. The second kappa shape index (κ2) is 6.52. The van der Waals surface area contributed by atoms with Crippen LogP contribution in [0, 0.1) is 0 Å². The Kier molecular flexibility index (Phi) is 4.43. The Bertz CT molecular complexity index is 896. The predicted octanol–water partition coefficient (Wildman–Crippen LogP) is 4.99. The highest BCUT2D eigenvalue weighted by molar-refractivity contribution is 5.84. The lowest BCUT2D eigenvalue weighted by atomic mass is 9.69. The first kappa shape index (κ1) is 16.3. The molecule has 0 saturated heterocycles. The van der Waals surface area contributed by atoms with Gasteiger partial charge in [-0.05, 0) is 30.5 Å². The van der Waals surface area contributed by atoms with Crippen LogP contribution in [-0.4, -0.2) is 5.11 Å². The molecule has 24 heavy (non-hydrogen) atoms. The molecule has 3 rings (SSSR count). The van der Waals surface area contributed by atoms with Gasteiger partial charge in [-0.25, -0.2) is 4.79 Å². The zero-order valence-corrected chi connectivity index (χ0v) is 14.1. The van der Waals surface area contributed by atoms with Crippen molar-refractivity contribution in [3.63, 3.8) is 0 Å². The molecule has 0 radical (unpaired) electrons. The third-order valence-electron chi connectivity index (χ3n) is 4.87. The zero-order chi connectivity index (χ0) is 17.2. The molecule has 0 amide bonds.